The van der Waals surface area contributed by atoms with Crippen LogP contribution in [0.15, 0.2) is 15.9 Å². The second-order valence-electron chi connectivity index (χ2n) is 5.50. The smallest absolute Gasteiger partial charge is 0.0342 e. The zero-order chi connectivity index (χ0) is 12.4. The third kappa shape index (κ3) is 3.35. The molecule has 1 saturated heterocycles. The van der Waals surface area contributed by atoms with Crippen molar-refractivity contribution >= 4 is 27.3 Å². The summed E-state index contributed by atoms with van der Waals surface area (Å²) in [5, 5.41) is 5.86. The highest BCUT2D eigenvalue weighted by atomic mass is 79.9. The first kappa shape index (κ1) is 13.1. The second kappa shape index (κ2) is 6.04. The molecule has 100 valence electrons. The van der Waals surface area contributed by atoms with Gasteiger partial charge in [-0.25, -0.2) is 0 Å². The first-order chi connectivity index (χ1) is 8.83. The predicted molar refractivity (Wildman–Crippen MR) is 81.1 cm³/mol. The van der Waals surface area contributed by atoms with Crippen molar-refractivity contribution in [2.45, 2.75) is 50.7 Å². The normalized spacial score (nSPS) is 24.7. The van der Waals surface area contributed by atoms with Crippen LogP contribution in [0.1, 0.15) is 37.0 Å². The molecule has 1 aliphatic heterocycles. The summed E-state index contributed by atoms with van der Waals surface area (Å²) >= 11 is 5.53. The molecule has 2 nitrogen and oxygen atoms in total. The van der Waals surface area contributed by atoms with Crippen molar-refractivity contribution in [2.24, 2.45) is 0 Å². The Morgan fingerprint density at radius 1 is 1.33 bits per heavy atom. The Morgan fingerprint density at radius 3 is 2.83 bits per heavy atom. The van der Waals surface area contributed by atoms with Gasteiger partial charge >= 0.3 is 0 Å². The van der Waals surface area contributed by atoms with Crippen molar-refractivity contribution in [3.05, 3.63) is 20.8 Å². The minimum absolute atomic E-state index is 0.720. The van der Waals surface area contributed by atoms with Crippen molar-refractivity contribution in [3.8, 4) is 0 Å². The number of rotatable bonds is 5. The number of nitrogens with zero attached hydrogens (tertiary/aromatic N) is 1. The predicted octanol–water partition coefficient (Wildman–Crippen LogP) is 3.62. The van der Waals surface area contributed by atoms with Crippen molar-refractivity contribution < 1.29 is 0 Å². The van der Waals surface area contributed by atoms with Crippen molar-refractivity contribution in [1.29, 1.82) is 0 Å². The average Bonchev–Trinajstić information content (AvgIpc) is 3.16. The molecule has 1 saturated carbocycles. The summed E-state index contributed by atoms with van der Waals surface area (Å²) in [6.45, 7) is 3.57. The molecule has 1 atom stereocenters. The number of thiophene rings is 1. The van der Waals surface area contributed by atoms with E-state index in [0.29, 0.717) is 0 Å². The van der Waals surface area contributed by atoms with E-state index in [0.717, 1.165) is 18.6 Å². The third-order valence-corrected chi connectivity index (χ3v) is 5.88. The van der Waals surface area contributed by atoms with Gasteiger partial charge in [0.1, 0.15) is 0 Å². The molecule has 0 bridgehead atoms. The van der Waals surface area contributed by atoms with Gasteiger partial charge in [-0.2, -0.15) is 0 Å². The van der Waals surface area contributed by atoms with Crippen LogP contribution in [0.3, 0.4) is 0 Å². The van der Waals surface area contributed by atoms with E-state index in [1.54, 1.807) is 0 Å². The molecule has 3 rings (SSSR count). The van der Waals surface area contributed by atoms with Gasteiger partial charge in [0, 0.05) is 34.5 Å². The molecular weight excluding hydrogens is 308 g/mol. The third-order valence-electron chi connectivity index (χ3n) is 3.97. The maximum absolute atomic E-state index is 3.68. The molecule has 1 N–H and O–H groups in total. The van der Waals surface area contributed by atoms with Gasteiger partial charge in [-0.05, 0) is 59.6 Å². The van der Waals surface area contributed by atoms with Gasteiger partial charge in [0.25, 0.3) is 0 Å². The average molecular weight is 329 g/mol. The van der Waals surface area contributed by atoms with Crippen molar-refractivity contribution in [2.75, 3.05) is 13.1 Å². The lowest BCUT2D eigenvalue weighted by molar-refractivity contribution is 0.209. The van der Waals surface area contributed by atoms with E-state index in [1.165, 1.54) is 54.5 Å². The van der Waals surface area contributed by atoms with Crippen molar-refractivity contribution in [3.63, 3.8) is 0 Å². The summed E-state index contributed by atoms with van der Waals surface area (Å²) in [6.07, 6.45) is 6.91. The van der Waals surface area contributed by atoms with E-state index in [2.05, 4.69) is 37.6 Å². The first-order valence-corrected chi connectivity index (χ1v) is 8.69. The molecule has 0 aromatic carbocycles. The Hall–Kier alpha value is 0.1000. The molecule has 18 heavy (non-hydrogen) atoms. The zero-order valence-electron chi connectivity index (χ0n) is 10.7. The summed E-state index contributed by atoms with van der Waals surface area (Å²) < 4.78 is 1.29. The van der Waals surface area contributed by atoms with Crippen LogP contribution in [-0.2, 0) is 6.54 Å². The molecule has 4 heteroatoms. The lowest BCUT2D eigenvalue weighted by Crippen LogP contribution is -2.44. The summed E-state index contributed by atoms with van der Waals surface area (Å²) in [5.74, 6) is 0. The van der Waals surface area contributed by atoms with Crippen LogP contribution >= 0.6 is 27.3 Å². The van der Waals surface area contributed by atoms with Crippen molar-refractivity contribution in [1.82, 2.24) is 10.2 Å². The lowest BCUT2D eigenvalue weighted by atomic mass is 10.0. The van der Waals surface area contributed by atoms with Gasteiger partial charge in [-0.1, -0.05) is 6.42 Å². The number of nitrogens with one attached hydrogen (secondary N) is 1. The van der Waals surface area contributed by atoms with Crippen LogP contribution in [0.5, 0.6) is 0 Å². The molecule has 1 unspecified atom stereocenters. The first-order valence-electron chi connectivity index (χ1n) is 7.02. The topological polar surface area (TPSA) is 15.3 Å². The minimum atomic E-state index is 0.720. The summed E-state index contributed by atoms with van der Waals surface area (Å²) in [6, 6.07) is 3.74. The quantitative estimate of drug-likeness (QED) is 0.888. The van der Waals surface area contributed by atoms with Gasteiger partial charge < -0.3 is 5.32 Å². The highest BCUT2D eigenvalue weighted by molar-refractivity contribution is 9.10. The van der Waals surface area contributed by atoms with E-state index >= 15 is 0 Å². The Bertz CT molecular complexity index is 383. The molecular formula is C14H21BrN2S. The van der Waals surface area contributed by atoms with E-state index < -0.39 is 0 Å². The Labute approximate surface area is 122 Å². The SMILES string of the molecule is Brc1ccsc1CN(CC1CCCCN1)C1CC1. The minimum Gasteiger partial charge on any atom is -0.313 e. The molecule has 0 amide bonds. The number of hydrogen-bond acceptors (Lipinski definition) is 3. The number of hydrogen-bond donors (Lipinski definition) is 1. The maximum atomic E-state index is 3.68. The standard InChI is InChI=1S/C14H21BrN2S/c15-13-6-8-18-14(13)10-17(12-4-5-12)9-11-3-1-2-7-16-11/h6,8,11-12,16H,1-5,7,9-10H2. The molecule has 0 spiro atoms. The molecule has 0 radical (unpaired) electrons. The monoisotopic (exact) mass is 328 g/mol. The Morgan fingerprint density at radius 2 is 2.22 bits per heavy atom. The van der Waals surface area contributed by atoms with Crippen LogP contribution in [0.4, 0.5) is 0 Å². The van der Waals surface area contributed by atoms with Gasteiger partial charge in [0.2, 0.25) is 0 Å². The Balaban J connectivity index is 1.59. The van der Waals surface area contributed by atoms with Crippen LogP contribution in [0, 0.1) is 0 Å². The van der Waals surface area contributed by atoms with E-state index in [9.17, 15) is 0 Å². The van der Waals surface area contributed by atoms with Gasteiger partial charge in [0.05, 0.1) is 0 Å². The molecule has 2 heterocycles. The largest absolute Gasteiger partial charge is 0.313 e. The number of halogens is 1. The highest BCUT2D eigenvalue weighted by Gasteiger charge is 2.31. The maximum Gasteiger partial charge on any atom is 0.0342 e. The fourth-order valence-corrected chi connectivity index (χ4v) is 4.27. The van der Waals surface area contributed by atoms with Gasteiger partial charge in [0.15, 0.2) is 0 Å². The summed E-state index contributed by atoms with van der Waals surface area (Å²) in [5.41, 5.74) is 0. The lowest BCUT2D eigenvalue weighted by Gasteiger charge is -2.30. The fraction of sp³-hybridized carbons (Fsp3) is 0.714. The molecule has 2 fully saturated rings. The van der Waals surface area contributed by atoms with Crippen LogP contribution in [-0.4, -0.2) is 30.1 Å². The van der Waals surface area contributed by atoms with E-state index in [-0.39, 0.29) is 0 Å². The zero-order valence-corrected chi connectivity index (χ0v) is 13.1. The molecule has 1 aromatic heterocycles. The fourth-order valence-electron chi connectivity index (χ4n) is 2.77. The van der Waals surface area contributed by atoms with Gasteiger partial charge in [-0.3, -0.25) is 4.90 Å². The van der Waals surface area contributed by atoms with Crippen LogP contribution in [0.25, 0.3) is 0 Å². The van der Waals surface area contributed by atoms with Crippen LogP contribution < -0.4 is 5.32 Å². The second-order valence-corrected chi connectivity index (χ2v) is 7.35. The number of piperidine rings is 1. The molecule has 1 aromatic rings. The highest BCUT2D eigenvalue weighted by Crippen LogP contribution is 2.32. The molecule has 2 aliphatic rings. The molecule has 1 aliphatic carbocycles. The van der Waals surface area contributed by atoms with Crippen LogP contribution in [0.2, 0.25) is 0 Å². The summed E-state index contributed by atoms with van der Waals surface area (Å²) in [4.78, 5) is 4.18. The van der Waals surface area contributed by atoms with Gasteiger partial charge in [-0.15, -0.1) is 11.3 Å². The van der Waals surface area contributed by atoms with E-state index in [1.807, 2.05) is 11.3 Å². The van der Waals surface area contributed by atoms with E-state index in [4.69, 9.17) is 0 Å². The summed E-state index contributed by atoms with van der Waals surface area (Å²) in [7, 11) is 0. The Kier molecular flexibility index (Phi) is 4.39.